The highest BCUT2D eigenvalue weighted by atomic mass is 16.5. The number of aromatic nitrogens is 2. The second kappa shape index (κ2) is 7.45. The van der Waals surface area contributed by atoms with Gasteiger partial charge >= 0.3 is 0 Å². The number of anilines is 1. The Hall–Kier alpha value is -1.87. The number of methoxy groups -OCH3 is 1. The molecule has 1 rings (SSSR count). The van der Waals surface area contributed by atoms with E-state index in [-0.39, 0.29) is 5.56 Å². The summed E-state index contributed by atoms with van der Waals surface area (Å²) in [4.78, 5) is 18.0. The molecular weight excluding hydrogens is 232 g/mol. The fraction of sp³-hybridized carbons (Fsp3) is 0.583. The maximum absolute atomic E-state index is 12.1. The zero-order chi connectivity index (χ0) is 13.4. The zero-order valence-electron chi connectivity index (χ0n) is 10.8. The Kier molecular flexibility index (Phi) is 5.88. The van der Waals surface area contributed by atoms with Crippen LogP contribution in [-0.4, -0.2) is 36.4 Å². The second-order valence-corrected chi connectivity index (χ2v) is 3.73. The molecule has 98 valence electrons. The van der Waals surface area contributed by atoms with Crippen LogP contribution in [-0.2, 0) is 11.3 Å². The van der Waals surface area contributed by atoms with E-state index in [0.717, 1.165) is 0 Å². The summed E-state index contributed by atoms with van der Waals surface area (Å²) in [5.74, 6) is 0.381. The standard InChI is InChI=1S/C12H18N4O2/c1-3-15-8-6-14-11(12(15)17)16(7-4-5-13)9-10-18-2/h6,8H,3-4,7,9-10H2,1-2H3. The van der Waals surface area contributed by atoms with E-state index in [9.17, 15) is 4.79 Å². The van der Waals surface area contributed by atoms with Crippen LogP contribution in [0, 0.1) is 11.3 Å². The lowest BCUT2D eigenvalue weighted by Crippen LogP contribution is -2.36. The first-order valence-electron chi connectivity index (χ1n) is 5.90. The van der Waals surface area contributed by atoms with Crippen molar-refractivity contribution in [3.8, 4) is 6.07 Å². The molecule has 6 nitrogen and oxygen atoms in total. The molecule has 0 fully saturated rings. The SMILES string of the molecule is CCn1ccnc(N(CCC#N)CCOC)c1=O. The lowest BCUT2D eigenvalue weighted by Gasteiger charge is -2.21. The number of aryl methyl sites for hydroxylation is 1. The number of hydrogen-bond acceptors (Lipinski definition) is 5. The van der Waals surface area contributed by atoms with Gasteiger partial charge in [-0.3, -0.25) is 4.79 Å². The quantitative estimate of drug-likeness (QED) is 0.709. The van der Waals surface area contributed by atoms with Gasteiger partial charge < -0.3 is 14.2 Å². The molecule has 0 aromatic carbocycles. The van der Waals surface area contributed by atoms with Crippen molar-refractivity contribution >= 4 is 5.82 Å². The summed E-state index contributed by atoms with van der Waals surface area (Å²) < 4.78 is 6.60. The van der Waals surface area contributed by atoms with E-state index in [1.54, 1.807) is 29.0 Å². The van der Waals surface area contributed by atoms with E-state index in [1.165, 1.54) is 0 Å². The van der Waals surface area contributed by atoms with Crippen LogP contribution in [0.4, 0.5) is 5.82 Å². The molecule has 0 amide bonds. The van der Waals surface area contributed by atoms with Crippen LogP contribution >= 0.6 is 0 Å². The van der Waals surface area contributed by atoms with Crippen molar-refractivity contribution in [1.29, 1.82) is 5.26 Å². The zero-order valence-corrected chi connectivity index (χ0v) is 10.8. The lowest BCUT2D eigenvalue weighted by atomic mass is 10.4. The highest BCUT2D eigenvalue weighted by Crippen LogP contribution is 2.04. The normalized spacial score (nSPS) is 10.1. The van der Waals surface area contributed by atoms with Gasteiger partial charge in [-0.25, -0.2) is 4.98 Å². The number of hydrogen-bond donors (Lipinski definition) is 0. The van der Waals surface area contributed by atoms with Gasteiger partial charge in [-0.05, 0) is 6.92 Å². The fourth-order valence-corrected chi connectivity index (χ4v) is 1.61. The molecule has 1 aromatic rings. The average molecular weight is 250 g/mol. The molecule has 1 heterocycles. The Morgan fingerprint density at radius 3 is 2.94 bits per heavy atom. The summed E-state index contributed by atoms with van der Waals surface area (Å²) in [5, 5.41) is 8.65. The van der Waals surface area contributed by atoms with Gasteiger partial charge in [-0.2, -0.15) is 5.26 Å². The Balaban J connectivity index is 2.97. The molecule has 18 heavy (non-hydrogen) atoms. The monoisotopic (exact) mass is 250 g/mol. The van der Waals surface area contributed by atoms with E-state index >= 15 is 0 Å². The minimum absolute atomic E-state index is 0.131. The van der Waals surface area contributed by atoms with Gasteiger partial charge in [-0.15, -0.1) is 0 Å². The highest BCUT2D eigenvalue weighted by molar-refractivity contribution is 5.35. The fourth-order valence-electron chi connectivity index (χ4n) is 1.61. The molecule has 0 aliphatic rings. The van der Waals surface area contributed by atoms with Crippen molar-refractivity contribution < 1.29 is 4.74 Å². The lowest BCUT2D eigenvalue weighted by molar-refractivity contribution is 0.205. The third-order valence-corrected chi connectivity index (χ3v) is 2.59. The summed E-state index contributed by atoms with van der Waals surface area (Å²) in [6, 6.07) is 2.07. The number of ether oxygens (including phenoxy) is 1. The van der Waals surface area contributed by atoms with E-state index < -0.39 is 0 Å². The van der Waals surface area contributed by atoms with Crippen LogP contribution in [0.3, 0.4) is 0 Å². The van der Waals surface area contributed by atoms with E-state index in [0.29, 0.717) is 38.5 Å². The molecule has 0 saturated heterocycles. The Morgan fingerprint density at radius 1 is 1.56 bits per heavy atom. The molecule has 0 atom stereocenters. The van der Waals surface area contributed by atoms with Gasteiger partial charge in [0.15, 0.2) is 5.82 Å². The molecular formula is C12H18N4O2. The number of nitriles is 1. The smallest absolute Gasteiger partial charge is 0.293 e. The van der Waals surface area contributed by atoms with E-state index in [1.807, 2.05) is 6.92 Å². The molecule has 0 aliphatic carbocycles. The maximum Gasteiger partial charge on any atom is 0.293 e. The van der Waals surface area contributed by atoms with Gasteiger partial charge in [0, 0.05) is 39.1 Å². The first-order valence-corrected chi connectivity index (χ1v) is 5.90. The summed E-state index contributed by atoms with van der Waals surface area (Å²) in [6.07, 6.45) is 3.61. The van der Waals surface area contributed by atoms with Gasteiger partial charge in [-0.1, -0.05) is 0 Å². The summed E-state index contributed by atoms with van der Waals surface area (Å²) >= 11 is 0. The minimum Gasteiger partial charge on any atom is -0.383 e. The number of rotatable bonds is 7. The first-order chi connectivity index (χ1) is 8.74. The van der Waals surface area contributed by atoms with Crippen LogP contribution in [0.15, 0.2) is 17.2 Å². The topological polar surface area (TPSA) is 71.2 Å². The molecule has 6 heteroatoms. The van der Waals surface area contributed by atoms with Crippen LogP contribution in [0.1, 0.15) is 13.3 Å². The summed E-state index contributed by atoms with van der Waals surface area (Å²) in [6.45, 7) is 4.03. The molecule has 0 N–H and O–H groups in total. The molecule has 0 bridgehead atoms. The van der Waals surface area contributed by atoms with Crippen LogP contribution in [0.5, 0.6) is 0 Å². The summed E-state index contributed by atoms with van der Waals surface area (Å²) in [5.41, 5.74) is -0.131. The third kappa shape index (κ3) is 3.57. The highest BCUT2D eigenvalue weighted by Gasteiger charge is 2.12. The molecule has 1 aromatic heterocycles. The van der Waals surface area contributed by atoms with Gasteiger partial charge in [0.05, 0.1) is 19.1 Å². The first kappa shape index (κ1) is 14.2. The molecule has 0 radical (unpaired) electrons. The number of nitrogens with zero attached hydrogens (tertiary/aromatic N) is 4. The van der Waals surface area contributed by atoms with Crippen molar-refractivity contribution in [2.45, 2.75) is 19.9 Å². The van der Waals surface area contributed by atoms with Crippen molar-refractivity contribution in [1.82, 2.24) is 9.55 Å². The Morgan fingerprint density at radius 2 is 2.33 bits per heavy atom. The summed E-state index contributed by atoms with van der Waals surface area (Å²) in [7, 11) is 1.60. The van der Waals surface area contributed by atoms with Gasteiger partial charge in [0.25, 0.3) is 5.56 Å². The minimum atomic E-state index is -0.131. The largest absolute Gasteiger partial charge is 0.383 e. The maximum atomic E-state index is 12.1. The van der Waals surface area contributed by atoms with Crippen molar-refractivity contribution in [2.75, 3.05) is 31.7 Å². The van der Waals surface area contributed by atoms with Crippen molar-refractivity contribution in [3.05, 3.63) is 22.7 Å². The van der Waals surface area contributed by atoms with E-state index in [4.69, 9.17) is 10.00 Å². The van der Waals surface area contributed by atoms with Crippen molar-refractivity contribution in [2.24, 2.45) is 0 Å². The Bertz CT molecular complexity index is 464. The molecule has 0 saturated carbocycles. The van der Waals surface area contributed by atoms with Crippen LogP contribution in [0.25, 0.3) is 0 Å². The second-order valence-electron chi connectivity index (χ2n) is 3.73. The van der Waals surface area contributed by atoms with Gasteiger partial charge in [0.1, 0.15) is 0 Å². The Labute approximate surface area is 106 Å². The third-order valence-electron chi connectivity index (χ3n) is 2.59. The molecule has 0 spiro atoms. The van der Waals surface area contributed by atoms with Crippen LogP contribution in [0.2, 0.25) is 0 Å². The van der Waals surface area contributed by atoms with Crippen LogP contribution < -0.4 is 10.5 Å². The van der Waals surface area contributed by atoms with Crippen molar-refractivity contribution in [3.63, 3.8) is 0 Å². The van der Waals surface area contributed by atoms with E-state index in [2.05, 4.69) is 11.1 Å². The average Bonchev–Trinajstić information content (AvgIpc) is 2.40. The predicted molar refractivity (Wildman–Crippen MR) is 68.5 cm³/mol. The predicted octanol–water partition coefficient (Wildman–Crippen LogP) is 0.630. The molecule has 0 aliphatic heterocycles. The van der Waals surface area contributed by atoms with Gasteiger partial charge in [0.2, 0.25) is 0 Å². The molecule has 0 unspecified atom stereocenters.